The van der Waals surface area contributed by atoms with Gasteiger partial charge in [0.15, 0.2) is 0 Å². The van der Waals surface area contributed by atoms with Crippen molar-refractivity contribution in [3.05, 3.63) is 59.3 Å². The first-order chi connectivity index (χ1) is 16.9. The molecule has 4 nitrogen and oxygen atoms in total. The van der Waals surface area contributed by atoms with Crippen LogP contribution in [-0.4, -0.2) is 24.4 Å². The SMILES string of the molecule is Cc1c([C@H](NS(=O)(=O)C2CC2)C(F)(F)F)c2ccc(-c3ccccc3C(F)(F)F)cc2n1CC(C)(C)C. The minimum atomic E-state index is -4.94. The van der Waals surface area contributed by atoms with Gasteiger partial charge in [-0.15, -0.1) is 0 Å². The highest BCUT2D eigenvalue weighted by Gasteiger charge is 2.48. The third-order valence-electron chi connectivity index (χ3n) is 6.41. The van der Waals surface area contributed by atoms with Crippen molar-refractivity contribution in [1.29, 1.82) is 0 Å². The van der Waals surface area contributed by atoms with Gasteiger partial charge in [-0.2, -0.15) is 31.1 Å². The zero-order valence-corrected chi connectivity index (χ0v) is 21.6. The molecule has 0 radical (unpaired) electrons. The first kappa shape index (κ1) is 27.5. The Balaban J connectivity index is 1.97. The van der Waals surface area contributed by atoms with Crippen molar-refractivity contribution in [2.45, 2.75) is 70.7 Å². The molecule has 0 bridgehead atoms. The van der Waals surface area contributed by atoms with Crippen LogP contribution in [0.5, 0.6) is 0 Å². The van der Waals surface area contributed by atoms with E-state index < -0.39 is 44.6 Å². The van der Waals surface area contributed by atoms with Crippen molar-refractivity contribution in [3.8, 4) is 11.1 Å². The lowest BCUT2D eigenvalue weighted by molar-refractivity contribution is -0.152. The molecule has 0 aliphatic heterocycles. The van der Waals surface area contributed by atoms with Crippen molar-refractivity contribution in [1.82, 2.24) is 9.29 Å². The molecule has 0 saturated heterocycles. The van der Waals surface area contributed by atoms with Gasteiger partial charge in [0.05, 0.1) is 10.8 Å². The van der Waals surface area contributed by atoms with Gasteiger partial charge in [0, 0.05) is 28.7 Å². The maximum absolute atomic E-state index is 14.3. The summed E-state index contributed by atoms with van der Waals surface area (Å²) in [6, 6.07) is 6.67. The summed E-state index contributed by atoms with van der Waals surface area (Å²) in [6.45, 7) is 7.40. The highest BCUT2D eigenvalue weighted by atomic mass is 32.2. The average Bonchev–Trinajstić information content (AvgIpc) is 3.58. The standard InChI is InChI=1S/C26H28F6N2O2S/c1-15-22(23(26(30,31)32)33-37(35,36)17-10-11-17)19-12-9-16(13-21(19)34(15)14-24(2,3)4)18-7-5-6-8-20(18)25(27,28)29/h5-9,12-13,17,23,33H,10-11,14H2,1-4H3/t23-/m0/s1. The Kier molecular flexibility index (Phi) is 6.72. The summed E-state index contributed by atoms with van der Waals surface area (Å²) >= 11 is 0. The van der Waals surface area contributed by atoms with Crippen LogP contribution in [0.25, 0.3) is 22.0 Å². The molecule has 1 aliphatic rings. The molecule has 1 fully saturated rings. The maximum Gasteiger partial charge on any atom is 0.417 e. The fourth-order valence-corrected chi connectivity index (χ4v) is 6.15. The van der Waals surface area contributed by atoms with Gasteiger partial charge in [-0.1, -0.05) is 51.1 Å². The molecule has 1 heterocycles. The van der Waals surface area contributed by atoms with Gasteiger partial charge in [-0.3, -0.25) is 0 Å². The Morgan fingerprint density at radius 3 is 2.16 bits per heavy atom. The van der Waals surface area contributed by atoms with E-state index in [1.807, 2.05) is 25.5 Å². The molecule has 11 heteroatoms. The second-order valence-electron chi connectivity index (χ2n) is 10.8. The number of halogens is 6. The van der Waals surface area contributed by atoms with E-state index in [4.69, 9.17) is 0 Å². The molecule has 0 unspecified atom stereocenters. The first-order valence-corrected chi connectivity index (χ1v) is 13.3. The summed E-state index contributed by atoms with van der Waals surface area (Å²) in [4.78, 5) is 0. The lowest BCUT2D eigenvalue weighted by Gasteiger charge is -2.24. The number of nitrogens with one attached hydrogen (secondary N) is 1. The van der Waals surface area contributed by atoms with E-state index in [0.717, 1.165) is 6.07 Å². The molecule has 1 aliphatic carbocycles. The summed E-state index contributed by atoms with van der Waals surface area (Å²) in [5.74, 6) is 0. The van der Waals surface area contributed by atoms with E-state index in [0.29, 0.717) is 18.4 Å². The highest BCUT2D eigenvalue weighted by molar-refractivity contribution is 7.90. The van der Waals surface area contributed by atoms with Crippen LogP contribution in [0.15, 0.2) is 42.5 Å². The van der Waals surface area contributed by atoms with Gasteiger partial charge in [0.2, 0.25) is 10.0 Å². The Morgan fingerprint density at radius 1 is 1.00 bits per heavy atom. The van der Waals surface area contributed by atoms with E-state index >= 15 is 0 Å². The van der Waals surface area contributed by atoms with Crippen LogP contribution in [0.2, 0.25) is 0 Å². The molecule has 0 amide bonds. The zero-order valence-electron chi connectivity index (χ0n) is 20.8. The second-order valence-corrected chi connectivity index (χ2v) is 12.8. The lowest BCUT2D eigenvalue weighted by atomic mass is 9.96. The first-order valence-electron chi connectivity index (χ1n) is 11.8. The van der Waals surface area contributed by atoms with Gasteiger partial charge in [-0.05, 0) is 48.4 Å². The number of fused-ring (bicyclic) bond motifs is 1. The van der Waals surface area contributed by atoms with Crippen molar-refractivity contribution in [3.63, 3.8) is 0 Å². The number of nitrogens with zero attached hydrogens (tertiary/aromatic N) is 1. The summed E-state index contributed by atoms with van der Waals surface area (Å²) in [5.41, 5.74) is -0.890. The number of sulfonamides is 1. The minimum Gasteiger partial charge on any atom is -0.344 e. The Hall–Kier alpha value is -2.53. The number of hydrogen-bond donors (Lipinski definition) is 1. The van der Waals surface area contributed by atoms with E-state index in [1.54, 1.807) is 4.57 Å². The van der Waals surface area contributed by atoms with Gasteiger partial charge in [0.25, 0.3) is 0 Å². The van der Waals surface area contributed by atoms with E-state index in [1.165, 1.54) is 43.3 Å². The van der Waals surface area contributed by atoms with Gasteiger partial charge in [0.1, 0.15) is 6.04 Å². The average molecular weight is 547 g/mol. The maximum atomic E-state index is 14.3. The smallest absolute Gasteiger partial charge is 0.344 e. The van der Waals surface area contributed by atoms with Crippen LogP contribution in [0.1, 0.15) is 56.5 Å². The van der Waals surface area contributed by atoms with Crippen LogP contribution in [0, 0.1) is 12.3 Å². The van der Waals surface area contributed by atoms with E-state index in [2.05, 4.69) is 0 Å². The van der Waals surface area contributed by atoms with E-state index in [-0.39, 0.29) is 34.3 Å². The molecule has 1 aromatic heterocycles. The highest BCUT2D eigenvalue weighted by Crippen LogP contribution is 2.44. The molecular weight excluding hydrogens is 518 g/mol. The number of benzene rings is 2. The normalized spacial score (nSPS) is 16.4. The molecule has 202 valence electrons. The third kappa shape index (κ3) is 5.67. The predicted molar refractivity (Wildman–Crippen MR) is 130 cm³/mol. The quantitative estimate of drug-likeness (QED) is 0.328. The topological polar surface area (TPSA) is 51.1 Å². The predicted octanol–water partition coefficient (Wildman–Crippen LogP) is 7.37. The minimum absolute atomic E-state index is 0.0959. The van der Waals surface area contributed by atoms with Crippen molar-refractivity contribution < 1.29 is 34.8 Å². The summed E-state index contributed by atoms with van der Waals surface area (Å²) in [7, 11) is -4.21. The van der Waals surface area contributed by atoms with Crippen molar-refractivity contribution in [2.75, 3.05) is 0 Å². The fraction of sp³-hybridized carbons (Fsp3) is 0.462. The largest absolute Gasteiger partial charge is 0.417 e. The Morgan fingerprint density at radius 2 is 1.62 bits per heavy atom. The lowest BCUT2D eigenvalue weighted by Crippen LogP contribution is -2.40. The monoisotopic (exact) mass is 546 g/mol. The molecule has 37 heavy (non-hydrogen) atoms. The summed E-state index contributed by atoms with van der Waals surface area (Å²) < 4.78 is 113. The van der Waals surface area contributed by atoms with Crippen LogP contribution in [0.3, 0.4) is 0 Å². The molecule has 1 saturated carbocycles. The van der Waals surface area contributed by atoms with Crippen molar-refractivity contribution >= 4 is 20.9 Å². The molecule has 4 rings (SSSR count). The summed E-state index contributed by atoms with van der Waals surface area (Å²) in [6.07, 6.45) is -8.96. The molecule has 0 spiro atoms. The number of aromatic nitrogens is 1. The zero-order chi connectivity index (χ0) is 27.6. The summed E-state index contributed by atoms with van der Waals surface area (Å²) in [5, 5.41) is -0.720. The van der Waals surface area contributed by atoms with Gasteiger partial charge < -0.3 is 4.57 Å². The molecular formula is C26H28F6N2O2S. The molecule has 2 aromatic carbocycles. The Bertz CT molecular complexity index is 1430. The number of rotatable bonds is 6. The molecule has 3 aromatic rings. The third-order valence-corrected chi connectivity index (χ3v) is 8.32. The second kappa shape index (κ2) is 9.04. The molecule has 1 atom stereocenters. The Labute approximate surface area is 211 Å². The van der Waals surface area contributed by atoms with Crippen LogP contribution in [0.4, 0.5) is 26.3 Å². The fourth-order valence-electron chi connectivity index (χ4n) is 4.62. The van der Waals surface area contributed by atoms with Gasteiger partial charge >= 0.3 is 12.4 Å². The molecule has 1 N–H and O–H groups in total. The van der Waals surface area contributed by atoms with Crippen LogP contribution < -0.4 is 4.72 Å². The van der Waals surface area contributed by atoms with Crippen LogP contribution >= 0.6 is 0 Å². The van der Waals surface area contributed by atoms with Crippen LogP contribution in [-0.2, 0) is 22.7 Å². The number of hydrogen-bond acceptors (Lipinski definition) is 2. The number of alkyl halides is 6. The van der Waals surface area contributed by atoms with E-state index in [9.17, 15) is 34.8 Å². The van der Waals surface area contributed by atoms with Crippen molar-refractivity contribution in [2.24, 2.45) is 5.41 Å². The van der Waals surface area contributed by atoms with Gasteiger partial charge in [-0.25, -0.2) is 8.42 Å².